The molecule has 2 aromatic carbocycles. The number of carboxylic acids is 1. The van der Waals surface area contributed by atoms with Crippen LogP contribution in [0.2, 0.25) is 0 Å². The average molecular weight is 509 g/mol. The monoisotopic (exact) mass is 509 g/mol. The van der Waals surface area contributed by atoms with Gasteiger partial charge in [0.25, 0.3) is 5.91 Å². The van der Waals surface area contributed by atoms with Crippen molar-refractivity contribution in [1.82, 2.24) is 15.2 Å². The van der Waals surface area contributed by atoms with Crippen molar-refractivity contribution >= 4 is 52.2 Å². The van der Waals surface area contributed by atoms with Crippen LogP contribution in [0.1, 0.15) is 21.6 Å². The lowest BCUT2D eigenvalue weighted by Crippen LogP contribution is -2.42. The molecule has 3 N–H and O–H groups in total. The maximum atomic E-state index is 13.2. The molecule has 188 valence electrons. The number of rotatable bonds is 3. The predicted molar refractivity (Wildman–Crippen MR) is 130 cm³/mol. The number of amides is 2. The Morgan fingerprint density at radius 3 is 2.43 bits per heavy atom. The molecule has 0 fully saturated rings. The SMILES string of the molecule is O=C(O)C(F)(F)F.O=C1CN(C(=O)c2ccc3c(/C=C/c4ccncc4)n[nH]c3c2)c2ccccc2N1. The van der Waals surface area contributed by atoms with E-state index in [4.69, 9.17) is 9.90 Å². The van der Waals surface area contributed by atoms with Gasteiger partial charge in [-0.2, -0.15) is 18.3 Å². The quantitative estimate of drug-likeness (QED) is 0.377. The molecule has 0 unspecified atom stereocenters. The summed E-state index contributed by atoms with van der Waals surface area (Å²) in [7, 11) is 0. The van der Waals surface area contributed by atoms with Crippen LogP contribution in [0, 0.1) is 0 Å². The second-order valence-corrected chi connectivity index (χ2v) is 7.74. The number of alkyl halides is 3. The van der Waals surface area contributed by atoms with E-state index in [-0.39, 0.29) is 18.4 Å². The van der Waals surface area contributed by atoms with Gasteiger partial charge in [0.05, 0.1) is 22.6 Å². The van der Waals surface area contributed by atoms with Crippen LogP contribution in [0.15, 0.2) is 67.0 Å². The van der Waals surface area contributed by atoms with Crippen LogP contribution in [0.3, 0.4) is 0 Å². The summed E-state index contributed by atoms with van der Waals surface area (Å²) in [5, 5.41) is 18.2. The number of nitrogens with zero attached hydrogens (tertiary/aromatic N) is 3. The van der Waals surface area contributed by atoms with Gasteiger partial charge < -0.3 is 10.4 Å². The van der Waals surface area contributed by atoms with Crippen molar-refractivity contribution in [3.63, 3.8) is 0 Å². The smallest absolute Gasteiger partial charge is 0.475 e. The van der Waals surface area contributed by atoms with Gasteiger partial charge in [0.15, 0.2) is 0 Å². The van der Waals surface area contributed by atoms with Gasteiger partial charge in [-0.3, -0.25) is 24.6 Å². The van der Waals surface area contributed by atoms with E-state index >= 15 is 0 Å². The van der Waals surface area contributed by atoms with Crippen molar-refractivity contribution in [3.8, 4) is 0 Å². The van der Waals surface area contributed by atoms with Gasteiger partial charge in [-0.15, -0.1) is 0 Å². The van der Waals surface area contributed by atoms with Gasteiger partial charge >= 0.3 is 12.1 Å². The zero-order valence-electron chi connectivity index (χ0n) is 18.9. The Bertz CT molecular complexity index is 1500. The van der Waals surface area contributed by atoms with Crippen LogP contribution in [-0.4, -0.2) is 50.8 Å². The highest BCUT2D eigenvalue weighted by Gasteiger charge is 2.38. The standard InChI is InChI=1S/C23H17N5O2.C2HF3O2/c29-22-14-28(21-4-2-1-3-19(21)25-22)23(30)16-6-7-17-18(26-27-20(17)13-16)8-5-15-9-11-24-12-10-15;3-2(4,5)1(6)7/h1-13H,14H2,(H,25,29)(H,26,27);(H,6,7)/b8-5+;. The fourth-order valence-electron chi connectivity index (χ4n) is 3.52. The lowest BCUT2D eigenvalue weighted by atomic mass is 10.1. The fourth-order valence-corrected chi connectivity index (χ4v) is 3.52. The summed E-state index contributed by atoms with van der Waals surface area (Å²) in [6.45, 7) is -0.0171. The van der Waals surface area contributed by atoms with Crippen LogP contribution in [0.4, 0.5) is 24.5 Å². The van der Waals surface area contributed by atoms with Gasteiger partial charge in [0, 0.05) is 23.3 Å². The number of carboxylic acid groups (broad SMARTS) is 1. The van der Waals surface area contributed by atoms with Gasteiger partial charge in [-0.1, -0.05) is 18.2 Å². The number of H-pyrrole nitrogens is 1. The molecule has 9 nitrogen and oxygen atoms in total. The summed E-state index contributed by atoms with van der Waals surface area (Å²) < 4.78 is 31.7. The molecule has 0 spiro atoms. The maximum absolute atomic E-state index is 13.2. The molecule has 0 saturated carbocycles. The Balaban J connectivity index is 0.000000405. The number of aromatic nitrogens is 3. The number of para-hydroxylation sites is 2. The summed E-state index contributed by atoms with van der Waals surface area (Å²) in [6.07, 6.45) is 2.26. The molecule has 4 aromatic rings. The second kappa shape index (κ2) is 10.3. The number of pyridine rings is 1. The number of fused-ring (bicyclic) bond motifs is 2. The van der Waals surface area contributed by atoms with E-state index in [9.17, 15) is 22.8 Å². The van der Waals surface area contributed by atoms with E-state index in [1.807, 2.05) is 48.6 Å². The Kier molecular flexibility index (Phi) is 7.00. The highest BCUT2D eigenvalue weighted by atomic mass is 19.4. The third kappa shape index (κ3) is 5.81. The Hall–Kier alpha value is -5.00. The van der Waals surface area contributed by atoms with E-state index in [0.29, 0.717) is 16.9 Å². The molecule has 2 aromatic heterocycles. The first kappa shape index (κ1) is 25.1. The zero-order valence-corrected chi connectivity index (χ0v) is 18.9. The van der Waals surface area contributed by atoms with Crippen molar-refractivity contribution in [1.29, 1.82) is 0 Å². The highest BCUT2D eigenvalue weighted by Crippen LogP contribution is 2.30. The number of benzene rings is 2. The molecule has 1 aliphatic rings. The molecular formula is C25H18F3N5O4. The largest absolute Gasteiger partial charge is 0.490 e. The van der Waals surface area contributed by atoms with Crippen molar-refractivity contribution in [3.05, 3.63) is 83.8 Å². The Labute approximate surface area is 207 Å². The first-order valence-corrected chi connectivity index (χ1v) is 10.7. The average Bonchev–Trinajstić information content (AvgIpc) is 3.29. The lowest BCUT2D eigenvalue weighted by molar-refractivity contribution is -0.192. The number of aromatic amines is 1. The molecule has 0 aliphatic carbocycles. The van der Waals surface area contributed by atoms with Crippen molar-refractivity contribution < 1.29 is 32.7 Å². The molecule has 12 heteroatoms. The van der Waals surface area contributed by atoms with Gasteiger partial charge in [0.1, 0.15) is 6.54 Å². The van der Waals surface area contributed by atoms with E-state index in [1.165, 1.54) is 4.90 Å². The maximum Gasteiger partial charge on any atom is 0.490 e. The van der Waals surface area contributed by atoms with Gasteiger partial charge in [-0.05, 0) is 54.1 Å². The van der Waals surface area contributed by atoms with Crippen molar-refractivity contribution in [2.24, 2.45) is 0 Å². The number of carbonyl (C=O) groups is 3. The summed E-state index contributed by atoms with van der Waals surface area (Å²) in [5.41, 5.74) is 4.37. The van der Waals surface area contributed by atoms with Crippen LogP contribution in [0.5, 0.6) is 0 Å². The molecule has 0 saturated heterocycles. The zero-order chi connectivity index (χ0) is 26.6. The van der Waals surface area contributed by atoms with E-state index in [1.54, 1.807) is 30.6 Å². The molecule has 5 rings (SSSR count). The molecule has 2 amide bonds. The number of aliphatic carboxylic acids is 1. The minimum absolute atomic E-state index is 0.0171. The topological polar surface area (TPSA) is 128 Å². The molecule has 3 heterocycles. The van der Waals surface area contributed by atoms with Gasteiger partial charge in [-0.25, -0.2) is 4.79 Å². The summed E-state index contributed by atoms with van der Waals surface area (Å²) in [6, 6.07) is 16.5. The van der Waals surface area contributed by atoms with E-state index < -0.39 is 12.1 Å². The number of nitrogens with one attached hydrogen (secondary N) is 2. The Morgan fingerprint density at radius 1 is 1.03 bits per heavy atom. The first-order valence-electron chi connectivity index (χ1n) is 10.7. The van der Waals surface area contributed by atoms with Crippen molar-refractivity contribution in [2.75, 3.05) is 16.8 Å². The number of anilines is 2. The molecular weight excluding hydrogens is 491 g/mol. The molecule has 37 heavy (non-hydrogen) atoms. The third-order valence-corrected chi connectivity index (χ3v) is 5.24. The summed E-state index contributed by atoms with van der Waals surface area (Å²) >= 11 is 0. The fraction of sp³-hybridized carbons (Fsp3) is 0.0800. The molecule has 0 bridgehead atoms. The number of hydrogen-bond acceptors (Lipinski definition) is 5. The van der Waals surface area contributed by atoms with E-state index in [2.05, 4.69) is 20.5 Å². The summed E-state index contributed by atoms with van der Waals surface area (Å²) in [5.74, 6) is -3.21. The van der Waals surface area contributed by atoms with Crippen molar-refractivity contribution in [2.45, 2.75) is 6.18 Å². The van der Waals surface area contributed by atoms with E-state index in [0.717, 1.165) is 22.2 Å². The van der Waals surface area contributed by atoms with Crippen LogP contribution >= 0.6 is 0 Å². The molecule has 0 radical (unpaired) electrons. The summed E-state index contributed by atoms with van der Waals surface area (Å²) in [4.78, 5) is 39.6. The Morgan fingerprint density at radius 2 is 1.73 bits per heavy atom. The highest BCUT2D eigenvalue weighted by molar-refractivity contribution is 6.15. The molecule has 1 aliphatic heterocycles. The minimum atomic E-state index is -5.08. The normalized spacial score (nSPS) is 13.1. The minimum Gasteiger partial charge on any atom is -0.475 e. The number of halogens is 3. The lowest BCUT2D eigenvalue weighted by Gasteiger charge is -2.29. The van der Waals surface area contributed by atoms with Crippen LogP contribution < -0.4 is 10.2 Å². The number of carbonyl (C=O) groups excluding carboxylic acids is 2. The first-order chi connectivity index (χ1) is 17.6. The van der Waals surface area contributed by atoms with Crippen LogP contribution in [0.25, 0.3) is 23.1 Å². The molecule has 0 atom stereocenters. The second-order valence-electron chi connectivity index (χ2n) is 7.74. The number of hydrogen-bond donors (Lipinski definition) is 3. The van der Waals surface area contributed by atoms with Gasteiger partial charge in [0.2, 0.25) is 5.91 Å². The van der Waals surface area contributed by atoms with Crippen LogP contribution in [-0.2, 0) is 9.59 Å². The predicted octanol–water partition coefficient (Wildman–Crippen LogP) is 4.36. The third-order valence-electron chi connectivity index (χ3n) is 5.24.